The molecular weight excluding hydrogens is 410 g/mol. The van der Waals surface area contributed by atoms with Crippen LogP contribution in [0.4, 0.5) is 0 Å². The molecule has 1 atom stereocenters. The third-order valence-corrected chi connectivity index (χ3v) is 6.42. The molecule has 1 aliphatic heterocycles. The zero-order chi connectivity index (χ0) is 21.4. The Hall–Kier alpha value is -3.45. The first kappa shape index (κ1) is 19.5. The van der Waals surface area contributed by atoms with Crippen molar-refractivity contribution < 1.29 is 9.53 Å². The first-order valence-corrected chi connectivity index (χ1v) is 11.0. The maximum atomic E-state index is 13.2. The first-order chi connectivity index (χ1) is 15.1. The lowest BCUT2D eigenvalue weighted by Gasteiger charge is -2.26. The monoisotopic (exact) mass is 431 g/mol. The average molecular weight is 432 g/mol. The number of aromatic nitrogens is 2. The van der Waals surface area contributed by atoms with Gasteiger partial charge in [-0.3, -0.25) is 14.2 Å². The van der Waals surface area contributed by atoms with Gasteiger partial charge >= 0.3 is 0 Å². The molecule has 0 radical (unpaired) electrons. The summed E-state index contributed by atoms with van der Waals surface area (Å²) in [5.41, 5.74) is 3.74. The van der Waals surface area contributed by atoms with E-state index in [-0.39, 0.29) is 24.1 Å². The fourth-order valence-corrected chi connectivity index (χ4v) is 4.82. The number of nitrogens with one attached hydrogen (secondary N) is 1. The average Bonchev–Trinajstić information content (AvgIpc) is 3.21. The van der Waals surface area contributed by atoms with E-state index in [2.05, 4.69) is 10.3 Å². The van der Waals surface area contributed by atoms with Crippen LogP contribution in [0.15, 0.2) is 65.0 Å². The van der Waals surface area contributed by atoms with Gasteiger partial charge in [-0.25, -0.2) is 4.98 Å². The standard InChI is InChI=1S/C24H21N3O3S/c1-15-6-8-16(9-7-15)18-13-31-23-22(18)24(29)27(14-25-23)12-21(28)26-19-10-11-30-20-5-3-2-4-17(19)20/h2-9,13-14,19H,10-12H2,1H3,(H,26,28)/t19-/m0/s1. The van der Waals surface area contributed by atoms with Crippen molar-refractivity contribution >= 4 is 27.5 Å². The highest BCUT2D eigenvalue weighted by Gasteiger charge is 2.23. The zero-order valence-corrected chi connectivity index (χ0v) is 17.8. The molecule has 1 N–H and O–H groups in total. The fourth-order valence-electron chi connectivity index (χ4n) is 3.91. The third kappa shape index (κ3) is 3.72. The third-order valence-electron chi connectivity index (χ3n) is 5.53. The van der Waals surface area contributed by atoms with Crippen molar-refractivity contribution in [1.82, 2.24) is 14.9 Å². The Balaban J connectivity index is 1.42. The quantitative estimate of drug-likeness (QED) is 0.529. The maximum absolute atomic E-state index is 13.2. The van der Waals surface area contributed by atoms with Crippen molar-refractivity contribution in [2.75, 3.05) is 6.61 Å². The number of aryl methyl sites for hydroxylation is 1. The highest BCUT2D eigenvalue weighted by atomic mass is 32.1. The van der Waals surface area contributed by atoms with E-state index in [1.165, 1.54) is 22.2 Å². The number of fused-ring (bicyclic) bond motifs is 2. The second-order valence-corrected chi connectivity index (χ2v) is 8.53. The predicted octanol–water partition coefficient (Wildman–Crippen LogP) is 4.07. The van der Waals surface area contributed by atoms with Gasteiger partial charge in [-0.15, -0.1) is 11.3 Å². The Morgan fingerprint density at radius 1 is 1.23 bits per heavy atom. The number of nitrogens with zero attached hydrogens (tertiary/aromatic N) is 2. The molecule has 0 spiro atoms. The largest absolute Gasteiger partial charge is 0.493 e. The molecule has 0 aliphatic carbocycles. The van der Waals surface area contributed by atoms with E-state index in [1.807, 2.05) is 60.8 Å². The second-order valence-electron chi connectivity index (χ2n) is 7.67. The van der Waals surface area contributed by atoms with Gasteiger partial charge in [0, 0.05) is 22.9 Å². The van der Waals surface area contributed by atoms with Crippen LogP contribution in [0.2, 0.25) is 0 Å². The molecule has 1 aliphatic rings. The summed E-state index contributed by atoms with van der Waals surface area (Å²) < 4.78 is 7.04. The Morgan fingerprint density at radius 2 is 2.03 bits per heavy atom. The molecule has 5 rings (SSSR count). The summed E-state index contributed by atoms with van der Waals surface area (Å²) in [6.07, 6.45) is 2.15. The van der Waals surface area contributed by atoms with Crippen molar-refractivity contribution in [3.8, 4) is 16.9 Å². The maximum Gasteiger partial charge on any atom is 0.263 e. The highest BCUT2D eigenvalue weighted by Crippen LogP contribution is 2.32. The van der Waals surface area contributed by atoms with E-state index in [0.717, 1.165) is 28.0 Å². The number of thiophene rings is 1. The molecule has 0 bridgehead atoms. The van der Waals surface area contributed by atoms with Gasteiger partial charge in [0.2, 0.25) is 5.91 Å². The van der Waals surface area contributed by atoms with Gasteiger partial charge in [-0.05, 0) is 18.6 Å². The minimum Gasteiger partial charge on any atom is -0.493 e. The van der Waals surface area contributed by atoms with Crippen molar-refractivity contribution in [2.45, 2.75) is 25.9 Å². The first-order valence-electron chi connectivity index (χ1n) is 10.1. The summed E-state index contributed by atoms with van der Waals surface area (Å²) in [6.45, 7) is 2.49. The Labute approximate surface area is 183 Å². The zero-order valence-electron chi connectivity index (χ0n) is 17.0. The van der Waals surface area contributed by atoms with Crippen LogP contribution >= 0.6 is 11.3 Å². The molecule has 1 amide bonds. The fraction of sp³-hybridized carbons (Fsp3) is 0.208. The molecule has 0 saturated heterocycles. The normalized spacial score (nSPS) is 15.3. The molecular formula is C24H21N3O3S. The molecule has 3 heterocycles. The number of hydrogen-bond acceptors (Lipinski definition) is 5. The number of amides is 1. The minimum atomic E-state index is -0.225. The molecule has 0 unspecified atom stereocenters. The summed E-state index contributed by atoms with van der Waals surface area (Å²) in [4.78, 5) is 31.1. The molecule has 2 aromatic carbocycles. The Kier molecular flexibility index (Phi) is 5.03. The van der Waals surface area contributed by atoms with Gasteiger partial charge in [0.15, 0.2) is 0 Å². The van der Waals surface area contributed by atoms with E-state index in [1.54, 1.807) is 0 Å². The molecule has 0 saturated carbocycles. The van der Waals surface area contributed by atoms with Gasteiger partial charge < -0.3 is 10.1 Å². The number of carbonyl (C=O) groups is 1. The lowest BCUT2D eigenvalue weighted by Crippen LogP contribution is -2.36. The molecule has 7 heteroatoms. The SMILES string of the molecule is Cc1ccc(-c2csc3ncn(CC(=O)N[C@H]4CCOc5ccccc54)c(=O)c23)cc1. The van der Waals surface area contributed by atoms with Crippen LogP contribution in [0, 0.1) is 6.92 Å². The molecule has 31 heavy (non-hydrogen) atoms. The number of ether oxygens (including phenoxy) is 1. The summed E-state index contributed by atoms with van der Waals surface area (Å²) in [6, 6.07) is 15.6. The smallest absolute Gasteiger partial charge is 0.263 e. The van der Waals surface area contributed by atoms with Crippen LogP contribution in [0.1, 0.15) is 23.6 Å². The highest BCUT2D eigenvalue weighted by molar-refractivity contribution is 7.17. The van der Waals surface area contributed by atoms with E-state index < -0.39 is 0 Å². The van der Waals surface area contributed by atoms with Crippen LogP contribution in [-0.4, -0.2) is 22.1 Å². The Morgan fingerprint density at radius 3 is 2.87 bits per heavy atom. The molecule has 2 aromatic heterocycles. The Bertz CT molecular complexity index is 1320. The van der Waals surface area contributed by atoms with Crippen LogP contribution in [0.5, 0.6) is 5.75 Å². The number of hydrogen-bond donors (Lipinski definition) is 1. The van der Waals surface area contributed by atoms with Crippen LogP contribution in [-0.2, 0) is 11.3 Å². The summed E-state index contributed by atoms with van der Waals surface area (Å²) in [5, 5.41) is 5.55. The number of carbonyl (C=O) groups excluding carboxylic acids is 1. The van der Waals surface area contributed by atoms with Gasteiger partial charge in [0.1, 0.15) is 17.1 Å². The summed E-state index contributed by atoms with van der Waals surface area (Å²) >= 11 is 1.44. The summed E-state index contributed by atoms with van der Waals surface area (Å²) in [5.74, 6) is 0.567. The molecule has 156 valence electrons. The van der Waals surface area contributed by atoms with Crippen LogP contribution in [0.3, 0.4) is 0 Å². The predicted molar refractivity (Wildman–Crippen MR) is 121 cm³/mol. The van der Waals surface area contributed by atoms with E-state index in [0.29, 0.717) is 23.2 Å². The van der Waals surface area contributed by atoms with E-state index in [9.17, 15) is 9.59 Å². The van der Waals surface area contributed by atoms with E-state index in [4.69, 9.17) is 4.74 Å². The van der Waals surface area contributed by atoms with Crippen molar-refractivity contribution in [3.05, 3.63) is 81.7 Å². The number of para-hydroxylation sites is 1. The minimum absolute atomic E-state index is 0.0789. The van der Waals surface area contributed by atoms with Crippen molar-refractivity contribution in [3.63, 3.8) is 0 Å². The van der Waals surface area contributed by atoms with Gasteiger partial charge in [-0.1, -0.05) is 48.0 Å². The van der Waals surface area contributed by atoms with Crippen LogP contribution in [0.25, 0.3) is 21.3 Å². The molecule has 4 aromatic rings. The van der Waals surface area contributed by atoms with E-state index >= 15 is 0 Å². The topological polar surface area (TPSA) is 73.2 Å². The number of benzene rings is 2. The van der Waals surface area contributed by atoms with Gasteiger partial charge in [-0.2, -0.15) is 0 Å². The lowest BCUT2D eigenvalue weighted by atomic mass is 10.0. The van der Waals surface area contributed by atoms with Crippen molar-refractivity contribution in [2.24, 2.45) is 0 Å². The van der Waals surface area contributed by atoms with Crippen molar-refractivity contribution in [1.29, 1.82) is 0 Å². The van der Waals surface area contributed by atoms with Gasteiger partial charge in [0.25, 0.3) is 5.56 Å². The lowest BCUT2D eigenvalue weighted by molar-refractivity contribution is -0.122. The second kappa shape index (κ2) is 8.00. The summed E-state index contributed by atoms with van der Waals surface area (Å²) in [7, 11) is 0. The number of rotatable bonds is 4. The molecule has 0 fully saturated rings. The molecule has 6 nitrogen and oxygen atoms in total. The van der Waals surface area contributed by atoms with Gasteiger partial charge in [0.05, 0.1) is 24.4 Å². The van der Waals surface area contributed by atoms with Crippen LogP contribution < -0.4 is 15.6 Å².